The van der Waals surface area contributed by atoms with Crippen LogP contribution >= 0.6 is 0 Å². The molecule has 1 amide bonds. The molecule has 0 radical (unpaired) electrons. The van der Waals surface area contributed by atoms with Crippen molar-refractivity contribution in [1.29, 1.82) is 0 Å². The highest BCUT2D eigenvalue weighted by molar-refractivity contribution is 5.77. The number of hydrogen-bond acceptors (Lipinski definition) is 4. The number of ether oxygens (including phenoxy) is 2. The predicted molar refractivity (Wildman–Crippen MR) is 69.7 cm³/mol. The van der Waals surface area contributed by atoms with Gasteiger partial charge in [0, 0.05) is 20.2 Å². The molecule has 2 N–H and O–H groups in total. The quantitative estimate of drug-likeness (QED) is 0.714. The van der Waals surface area contributed by atoms with Gasteiger partial charge in [-0.3, -0.25) is 4.79 Å². The Kier molecular flexibility index (Phi) is 6.97. The van der Waals surface area contributed by atoms with Crippen LogP contribution in [0.3, 0.4) is 0 Å². The minimum absolute atomic E-state index is 0.116. The summed E-state index contributed by atoms with van der Waals surface area (Å²) in [7, 11) is 1.54. The number of rotatable bonds is 8. The number of benzene rings is 1. The lowest BCUT2D eigenvalue weighted by Gasteiger charge is -2.10. The van der Waals surface area contributed by atoms with Crippen molar-refractivity contribution in [2.24, 2.45) is 0 Å². The lowest BCUT2D eigenvalue weighted by molar-refractivity contribution is -0.274. The van der Waals surface area contributed by atoms with Gasteiger partial charge in [0.1, 0.15) is 5.75 Å². The van der Waals surface area contributed by atoms with Gasteiger partial charge in [-0.1, -0.05) is 12.1 Å². The van der Waals surface area contributed by atoms with Crippen LogP contribution in [0.1, 0.15) is 5.56 Å². The highest BCUT2D eigenvalue weighted by Crippen LogP contribution is 2.22. The molecule has 0 aromatic heterocycles. The molecular formula is C13H17F3N2O3. The van der Waals surface area contributed by atoms with Crippen LogP contribution in [-0.4, -0.2) is 39.1 Å². The molecule has 0 saturated carbocycles. The Balaban J connectivity index is 2.28. The third-order valence-electron chi connectivity index (χ3n) is 2.40. The van der Waals surface area contributed by atoms with Gasteiger partial charge in [0.25, 0.3) is 0 Å². The van der Waals surface area contributed by atoms with Crippen molar-refractivity contribution in [3.05, 3.63) is 29.8 Å². The number of carbonyl (C=O) groups excluding carboxylic acids is 1. The number of methoxy groups -OCH3 is 1. The molecule has 0 fully saturated rings. The smallest absolute Gasteiger partial charge is 0.406 e. The van der Waals surface area contributed by atoms with E-state index in [0.717, 1.165) is 5.56 Å². The van der Waals surface area contributed by atoms with Gasteiger partial charge in [-0.25, -0.2) is 0 Å². The van der Waals surface area contributed by atoms with Gasteiger partial charge in [0.2, 0.25) is 5.91 Å². The van der Waals surface area contributed by atoms with Gasteiger partial charge in [-0.05, 0) is 17.7 Å². The van der Waals surface area contributed by atoms with Crippen LogP contribution in [0.5, 0.6) is 5.75 Å². The van der Waals surface area contributed by atoms with Crippen LogP contribution in [-0.2, 0) is 16.1 Å². The Morgan fingerprint density at radius 2 is 1.90 bits per heavy atom. The molecule has 0 aliphatic heterocycles. The molecule has 1 aromatic carbocycles. The fourth-order valence-corrected chi connectivity index (χ4v) is 1.48. The van der Waals surface area contributed by atoms with E-state index in [0.29, 0.717) is 19.7 Å². The van der Waals surface area contributed by atoms with Gasteiger partial charge >= 0.3 is 6.36 Å². The van der Waals surface area contributed by atoms with Gasteiger partial charge in [0.05, 0.1) is 13.2 Å². The average molecular weight is 306 g/mol. The van der Waals surface area contributed by atoms with Crippen molar-refractivity contribution >= 4 is 5.91 Å². The van der Waals surface area contributed by atoms with Crippen LogP contribution in [0.25, 0.3) is 0 Å². The first-order chi connectivity index (χ1) is 9.90. The van der Waals surface area contributed by atoms with Crippen molar-refractivity contribution in [1.82, 2.24) is 10.6 Å². The molecule has 0 atom stereocenters. The van der Waals surface area contributed by atoms with Crippen LogP contribution in [0, 0.1) is 0 Å². The number of amides is 1. The van der Waals surface area contributed by atoms with E-state index in [1.54, 1.807) is 0 Å². The van der Waals surface area contributed by atoms with Crippen LogP contribution in [0.4, 0.5) is 13.2 Å². The first-order valence-corrected chi connectivity index (χ1v) is 6.22. The number of nitrogens with one attached hydrogen (secondary N) is 2. The average Bonchev–Trinajstić information content (AvgIpc) is 2.39. The minimum atomic E-state index is -4.69. The second-order valence-corrected chi connectivity index (χ2v) is 4.14. The summed E-state index contributed by atoms with van der Waals surface area (Å²) >= 11 is 0. The zero-order valence-electron chi connectivity index (χ0n) is 11.5. The molecule has 0 spiro atoms. The summed E-state index contributed by atoms with van der Waals surface area (Å²) in [4.78, 5) is 11.3. The van der Waals surface area contributed by atoms with Crippen molar-refractivity contribution in [2.75, 3.05) is 26.8 Å². The van der Waals surface area contributed by atoms with E-state index in [1.165, 1.54) is 31.4 Å². The fraction of sp³-hybridized carbons (Fsp3) is 0.462. The molecule has 0 heterocycles. The highest BCUT2D eigenvalue weighted by atomic mass is 19.4. The fourth-order valence-electron chi connectivity index (χ4n) is 1.48. The van der Waals surface area contributed by atoms with Crippen molar-refractivity contribution < 1.29 is 27.4 Å². The largest absolute Gasteiger partial charge is 0.573 e. The molecule has 118 valence electrons. The number of halogens is 3. The van der Waals surface area contributed by atoms with Crippen LogP contribution in [0.15, 0.2) is 24.3 Å². The Morgan fingerprint density at radius 1 is 1.24 bits per heavy atom. The van der Waals surface area contributed by atoms with E-state index in [2.05, 4.69) is 15.4 Å². The lowest BCUT2D eigenvalue weighted by atomic mass is 10.2. The summed E-state index contributed by atoms with van der Waals surface area (Å²) in [5.74, 6) is -0.451. The summed E-state index contributed by atoms with van der Waals surface area (Å²) in [6, 6.07) is 5.44. The molecule has 8 heteroatoms. The standard InChI is InChI=1S/C13H17F3N2O3/c1-20-7-6-18-12(19)9-17-8-10-2-4-11(5-3-10)21-13(14,15)16/h2-5,17H,6-9H2,1H3,(H,18,19). The molecule has 21 heavy (non-hydrogen) atoms. The Hall–Kier alpha value is -1.80. The Bertz CT molecular complexity index is 435. The maximum atomic E-state index is 12.0. The summed E-state index contributed by atoms with van der Waals surface area (Å²) in [6.07, 6.45) is -4.69. The lowest BCUT2D eigenvalue weighted by Crippen LogP contribution is -2.35. The molecular weight excluding hydrogens is 289 g/mol. The van der Waals surface area contributed by atoms with E-state index >= 15 is 0 Å². The Labute approximate surface area is 120 Å². The van der Waals surface area contributed by atoms with Crippen molar-refractivity contribution in [2.45, 2.75) is 12.9 Å². The predicted octanol–water partition coefficient (Wildman–Crippen LogP) is 1.44. The maximum Gasteiger partial charge on any atom is 0.573 e. The number of carbonyl (C=O) groups is 1. The third kappa shape index (κ3) is 8.16. The summed E-state index contributed by atoms with van der Waals surface area (Å²) in [5, 5.41) is 5.51. The molecule has 1 rings (SSSR count). The zero-order chi connectivity index (χ0) is 15.7. The number of hydrogen-bond donors (Lipinski definition) is 2. The molecule has 1 aromatic rings. The van der Waals surface area contributed by atoms with E-state index in [4.69, 9.17) is 4.74 Å². The van der Waals surface area contributed by atoms with Gasteiger partial charge < -0.3 is 20.1 Å². The molecule has 0 aliphatic carbocycles. The van der Waals surface area contributed by atoms with E-state index < -0.39 is 6.36 Å². The van der Waals surface area contributed by atoms with Gasteiger partial charge in [0.15, 0.2) is 0 Å². The first kappa shape index (κ1) is 17.3. The molecule has 0 unspecified atom stereocenters. The van der Waals surface area contributed by atoms with Crippen molar-refractivity contribution in [3.63, 3.8) is 0 Å². The summed E-state index contributed by atoms with van der Waals surface area (Å²) < 4.78 is 44.5. The third-order valence-corrected chi connectivity index (χ3v) is 2.40. The van der Waals surface area contributed by atoms with E-state index in [-0.39, 0.29) is 18.2 Å². The molecule has 0 bridgehead atoms. The Morgan fingerprint density at radius 3 is 2.48 bits per heavy atom. The normalized spacial score (nSPS) is 11.2. The summed E-state index contributed by atoms with van der Waals surface area (Å²) in [6.45, 7) is 1.35. The van der Waals surface area contributed by atoms with Gasteiger partial charge in [-0.2, -0.15) is 0 Å². The number of alkyl halides is 3. The second kappa shape index (κ2) is 8.48. The minimum Gasteiger partial charge on any atom is -0.406 e. The first-order valence-electron chi connectivity index (χ1n) is 6.22. The molecule has 0 saturated heterocycles. The second-order valence-electron chi connectivity index (χ2n) is 4.14. The van der Waals surface area contributed by atoms with Gasteiger partial charge in [-0.15, -0.1) is 13.2 Å². The zero-order valence-corrected chi connectivity index (χ0v) is 11.5. The maximum absolute atomic E-state index is 12.0. The monoisotopic (exact) mass is 306 g/mol. The van der Waals surface area contributed by atoms with Crippen LogP contribution in [0.2, 0.25) is 0 Å². The highest BCUT2D eigenvalue weighted by Gasteiger charge is 2.30. The topological polar surface area (TPSA) is 59.6 Å². The van der Waals surface area contributed by atoms with E-state index in [9.17, 15) is 18.0 Å². The summed E-state index contributed by atoms with van der Waals surface area (Å²) in [5.41, 5.74) is 0.745. The SMILES string of the molecule is COCCNC(=O)CNCc1ccc(OC(F)(F)F)cc1. The molecule has 0 aliphatic rings. The van der Waals surface area contributed by atoms with Crippen LogP contribution < -0.4 is 15.4 Å². The molecule has 5 nitrogen and oxygen atoms in total. The van der Waals surface area contributed by atoms with Crippen molar-refractivity contribution in [3.8, 4) is 5.75 Å². The van der Waals surface area contributed by atoms with E-state index in [1.807, 2.05) is 0 Å².